The third-order valence-electron chi connectivity index (χ3n) is 11.5. The minimum atomic E-state index is 0.113. The second kappa shape index (κ2) is 46.4. The molecule has 2 nitrogen and oxygen atoms in total. The quantitative estimate of drug-likeness (QED) is 0.0354. The van der Waals surface area contributed by atoms with Crippen LogP contribution in [0.25, 0.3) is 0 Å². The predicted octanol–water partition coefficient (Wildman–Crippen LogP) is 18.1. The van der Waals surface area contributed by atoms with Gasteiger partial charge in [0.05, 0.1) is 12.5 Å². The van der Waals surface area contributed by atoms with Gasteiger partial charge >= 0.3 is 5.97 Å². The van der Waals surface area contributed by atoms with E-state index in [0.717, 1.165) is 19.3 Å². The van der Waals surface area contributed by atoms with Crippen LogP contribution < -0.4 is 0 Å². The minimum absolute atomic E-state index is 0.113. The summed E-state index contributed by atoms with van der Waals surface area (Å²) in [6, 6.07) is 0. The van der Waals surface area contributed by atoms with E-state index in [0.29, 0.717) is 6.61 Å². The SMILES string of the molecule is CCCCCCCC/C=C\CCCCCCC(CCCCCCCCCCCCCCCC)C(=O)OCCCCCCCCCCCCCCCC. The third kappa shape index (κ3) is 42.0. The van der Waals surface area contributed by atoms with Crippen LogP contribution in [-0.4, -0.2) is 12.6 Å². The molecule has 2 heteroatoms. The molecule has 0 bridgehead atoms. The normalized spacial score (nSPS) is 12.3. The van der Waals surface area contributed by atoms with Crippen molar-refractivity contribution < 1.29 is 9.53 Å². The van der Waals surface area contributed by atoms with Crippen LogP contribution in [0.15, 0.2) is 12.2 Å². The maximum Gasteiger partial charge on any atom is 0.308 e. The largest absolute Gasteiger partial charge is 0.465 e. The average molecular weight is 731 g/mol. The van der Waals surface area contributed by atoms with Crippen molar-refractivity contribution in [2.75, 3.05) is 6.61 Å². The Morgan fingerprint density at radius 1 is 0.346 bits per heavy atom. The molecule has 0 aromatic heterocycles. The first-order valence-corrected chi connectivity index (χ1v) is 24.6. The smallest absolute Gasteiger partial charge is 0.308 e. The van der Waals surface area contributed by atoms with Crippen LogP contribution in [-0.2, 0) is 9.53 Å². The lowest BCUT2D eigenvalue weighted by atomic mass is 9.94. The van der Waals surface area contributed by atoms with Crippen LogP contribution in [0.3, 0.4) is 0 Å². The fourth-order valence-corrected chi connectivity index (χ4v) is 7.84. The molecule has 52 heavy (non-hydrogen) atoms. The summed E-state index contributed by atoms with van der Waals surface area (Å²) in [4.78, 5) is 13.2. The van der Waals surface area contributed by atoms with Gasteiger partial charge in [-0.25, -0.2) is 0 Å². The Hall–Kier alpha value is -0.790. The molecule has 310 valence electrons. The fraction of sp³-hybridized carbons (Fsp3) is 0.940. The number of ether oxygens (including phenoxy) is 1. The lowest BCUT2D eigenvalue weighted by molar-refractivity contribution is -0.149. The lowest BCUT2D eigenvalue weighted by Gasteiger charge is -2.16. The Morgan fingerprint density at radius 2 is 0.596 bits per heavy atom. The summed E-state index contributed by atoms with van der Waals surface area (Å²) >= 11 is 0. The number of rotatable bonds is 45. The zero-order valence-electron chi connectivity index (χ0n) is 36.5. The molecule has 0 N–H and O–H groups in total. The molecular weight excluding hydrogens is 633 g/mol. The number of allylic oxidation sites excluding steroid dienone is 2. The molecular formula is C50H98O2. The van der Waals surface area contributed by atoms with Gasteiger partial charge in [0.1, 0.15) is 0 Å². The highest BCUT2D eigenvalue weighted by Gasteiger charge is 2.19. The Bertz CT molecular complexity index is 684. The molecule has 0 aliphatic carbocycles. The number of unbranched alkanes of at least 4 members (excludes halogenated alkanes) is 36. The first kappa shape index (κ1) is 51.2. The Morgan fingerprint density at radius 3 is 0.904 bits per heavy atom. The zero-order chi connectivity index (χ0) is 37.7. The molecule has 0 rings (SSSR count). The highest BCUT2D eigenvalue weighted by molar-refractivity contribution is 5.72. The summed E-state index contributed by atoms with van der Waals surface area (Å²) in [5.74, 6) is 0.239. The zero-order valence-corrected chi connectivity index (χ0v) is 36.5. The number of hydrogen-bond acceptors (Lipinski definition) is 2. The van der Waals surface area contributed by atoms with Crippen molar-refractivity contribution in [2.45, 2.75) is 290 Å². The van der Waals surface area contributed by atoms with Gasteiger partial charge in [0.25, 0.3) is 0 Å². The maximum atomic E-state index is 13.2. The molecule has 0 saturated carbocycles. The summed E-state index contributed by atoms with van der Waals surface area (Å²) in [6.45, 7) is 7.52. The molecule has 0 aromatic rings. The van der Waals surface area contributed by atoms with Crippen molar-refractivity contribution >= 4 is 5.97 Å². The molecule has 0 radical (unpaired) electrons. The van der Waals surface area contributed by atoms with Gasteiger partial charge < -0.3 is 4.74 Å². The number of carbonyl (C=O) groups is 1. The molecule has 1 atom stereocenters. The number of carbonyl (C=O) groups excluding carboxylic acids is 1. The van der Waals surface area contributed by atoms with Crippen LogP contribution in [0, 0.1) is 5.92 Å². The molecule has 1 unspecified atom stereocenters. The lowest BCUT2D eigenvalue weighted by Crippen LogP contribution is -2.18. The van der Waals surface area contributed by atoms with Crippen LogP contribution in [0.1, 0.15) is 290 Å². The van der Waals surface area contributed by atoms with E-state index in [1.807, 2.05) is 0 Å². The highest BCUT2D eigenvalue weighted by atomic mass is 16.5. The molecule has 0 aliphatic heterocycles. The monoisotopic (exact) mass is 731 g/mol. The van der Waals surface area contributed by atoms with Gasteiger partial charge in [-0.15, -0.1) is 0 Å². The summed E-state index contributed by atoms with van der Waals surface area (Å²) in [7, 11) is 0. The van der Waals surface area contributed by atoms with Crippen molar-refractivity contribution in [2.24, 2.45) is 5.92 Å². The molecule has 0 heterocycles. The van der Waals surface area contributed by atoms with Gasteiger partial charge in [0.2, 0.25) is 0 Å². The summed E-state index contributed by atoms with van der Waals surface area (Å²) < 4.78 is 5.90. The first-order chi connectivity index (χ1) is 25.8. The summed E-state index contributed by atoms with van der Waals surface area (Å²) in [6.07, 6.45) is 61.2. The van der Waals surface area contributed by atoms with E-state index in [2.05, 4.69) is 32.9 Å². The van der Waals surface area contributed by atoms with Gasteiger partial charge in [0, 0.05) is 0 Å². The van der Waals surface area contributed by atoms with E-state index in [4.69, 9.17) is 4.74 Å². The van der Waals surface area contributed by atoms with Crippen LogP contribution in [0.2, 0.25) is 0 Å². The van der Waals surface area contributed by atoms with Crippen molar-refractivity contribution in [3.63, 3.8) is 0 Å². The molecule has 0 amide bonds. The van der Waals surface area contributed by atoms with Crippen molar-refractivity contribution in [3.8, 4) is 0 Å². The van der Waals surface area contributed by atoms with Crippen LogP contribution in [0.4, 0.5) is 0 Å². The maximum absolute atomic E-state index is 13.2. The van der Waals surface area contributed by atoms with E-state index >= 15 is 0 Å². The third-order valence-corrected chi connectivity index (χ3v) is 11.5. The standard InChI is InChI=1S/C50H98O2/c1-4-7-10-13-16-19-22-25-28-31-34-37-40-43-46-49(47-44-41-38-35-32-29-26-23-20-17-14-11-8-5-2)50(51)52-48-45-42-39-36-33-30-27-24-21-18-15-12-9-6-3/h25,28,49H,4-24,26-27,29-48H2,1-3H3/b28-25-. The average Bonchev–Trinajstić information content (AvgIpc) is 3.15. The Balaban J connectivity index is 4.11. The van der Waals surface area contributed by atoms with E-state index in [1.54, 1.807) is 0 Å². The molecule has 0 spiro atoms. The van der Waals surface area contributed by atoms with Crippen molar-refractivity contribution in [1.82, 2.24) is 0 Å². The van der Waals surface area contributed by atoms with Gasteiger partial charge in [0.15, 0.2) is 0 Å². The van der Waals surface area contributed by atoms with Crippen LogP contribution >= 0.6 is 0 Å². The second-order valence-electron chi connectivity index (χ2n) is 16.9. The van der Waals surface area contributed by atoms with Gasteiger partial charge in [-0.2, -0.15) is 0 Å². The fourth-order valence-electron chi connectivity index (χ4n) is 7.84. The van der Waals surface area contributed by atoms with E-state index < -0.39 is 0 Å². The van der Waals surface area contributed by atoms with Gasteiger partial charge in [-0.1, -0.05) is 258 Å². The Kier molecular flexibility index (Phi) is 45.7. The summed E-state index contributed by atoms with van der Waals surface area (Å²) in [5, 5.41) is 0. The van der Waals surface area contributed by atoms with Gasteiger partial charge in [-0.05, 0) is 44.9 Å². The summed E-state index contributed by atoms with van der Waals surface area (Å²) in [5.41, 5.74) is 0. The molecule has 0 aliphatic rings. The van der Waals surface area contributed by atoms with Crippen molar-refractivity contribution in [3.05, 3.63) is 12.2 Å². The van der Waals surface area contributed by atoms with E-state index in [9.17, 15) is 4.79 Å². The number of hydrogen-bond donors (Lipinski definition) is 0. The molecule has 0 aromatic carbocycles. The molecule has 0 saturated heterocycles. The predicted molar refractivity (Wildman–Crippen MR) is 235 cm³/mol. The second-order valence-corrected chi connectivity index (χ2v) is 16.9. The first-order valence-electron chi connectivity index (χ1n) is 24.6. The number of esters is 1. The Labute approximate surface area is 329 Å². The van der Waals surface area contributed by atoms with E-state index in [1.165, 1.54) is 250 Å². The van der Waals surface area contributed by atoms with Crippen LogP contribution in [0.5, 0.6) is 0 Å². The minimum Gasteiger partial charge on any atom is -0.465 e. The van der Waals surface area contributed by atoms with Gasteiger partial charge in [-0.3, -0.25) is 4.79 Å². The molecule has 0 fully saturated rings. The van der Waals surface area contributed by atoms with Crippen molar-refractivity contribution in [1.29, 1.82) is 0 Å². The van der Waals surface area contributed by atoms with E-state index in [-0.39, 0.29) is 11.9 Å². The topological polar surface area (TPSA) is 26.3 Å². The highest BCUT2D eigenvalue weighted by Crippen LogP contribution is 2.22.